The molecule has 8 heteroatoms. The molecule has 152 valence electrons. The van der Waals surface area contributed by atoms with Gasteiger partial charge in [0, 0.05) is 34.6 Å². The zero-order chi connectivity index (χ0) is 20.8. The van der Waals surface area contributed by atoms with Crippen LogP contribution in [-0.2, 0) is 17.9 Å². The van der Waals surface area contributed by atoms with Gasteiger partial charge in [-0.2, -0.15) is 5.10 Å². The zero-order valence-electron chi connectivity index (χ0n) is 16.4. The number of carbonyl (C=O) groups is 1. The second-order valence-electron chi connectivity index (χ2n) is 6.92. The number of rotatable bonds is 8. The van der Waals surface area contributed by atoms with E-state index in [9.17, 15) is 9.59 Å². The van der Waals surface area contributed by atoms with Gasteiger partial charge >= 0.3 is 0 Å². The highest BCUT2D eigenvalue weighted by Crippen LogP contribution is 2.18. The molecule has 29 heavy (non-hydrogen) atoms. The second kappa shape index (κ2) is 9.82. The first-order chi connectivity index (χ1) is 13.9. The summed E-state index contributed by atoms with van der Waals surface area (Å²) in [5.41, 5.74) is 1.14. The molecule has 1 amide bonds. The molecule has 6 nitrogen and oxygen atoms in total. The van der Waals surface area contributed by atoms with Gasteiger partial charge in [0.2, 0.25) is 5.91 Å². The van der Waals surface area contributed by atoms with E-state index >= 15 is 0 Å². The highest BCUT2D eigenvalue weighted by Gasteiger charge is 2.17. The Morgan fingerprint density at radius 2 is 1.86 bits per heavy atom. The molecule has 0 saturated heterocycles. The van der Waals surface area contributed by atoms with Crippen molar-refractivity contribution in [3.05, 3.63) is 74.2 Å². The number of aromatic nitrogens is 2. The third-order valence-corrected chi connectivity index (χ3v) is 5.50. The van der Waals surface area contributed by atoms with Gasteiger partial charge in [-0.05, 0) is 43.7 Å². The predicted molar refractivity (Wildman–Crippen MR) is 117 cm³/mol. The minimum absolute atomic E-state index is 0.0981. The van der Waals surface area contributed by atoms with Crippen molar-refractivity contribution in [2.75, 3.05) is 27.2 Å². The summed E-state index contributed by atoms with van der Waals surface area (Å²) in [6.07, 6.45) is 0. The summed E-state index contributed by atoms with van der Waals surface area (Å²) < 4.78 is 1.23. The second-order valence-corrected chi connectivity index (χ2v) is 8.39. The Morgan fingerprint density at radius 1 is 1.10 bits per heavy atom. The number of amides is 1. The molecular weight excluding hydrogens is 408 g/mol. The number of carbonyl (C=O) groups excluding carboxylic acids is 1. The van der Waals surface area contributed by atoms with Crippen LogP contribution in [0, 0.1) is 0 Å². The van der Waals surface area contributed by atoms with E-state index in [1.807, 2.05) is 48.6 Å². The fourth-order valence-corrected chi connectivity index (χ4v) is 3.61. The summed E-state index contributed by atoms with van der Waals surface area (Å²) in [5, 5.41) is 7.01. The zero-order valence-corrected chi connectivity index (χ0v) is 18.0. The van der Waals surface area contributed by atoms with E-state index in [-0.39, 0.29) is 18.0 Å². The van der Waals surface area contributed by atoms with E-state index in [4.69, 9.17) is 11.6 Å². The first kappa shape index (κ1) is 21.2. The average Bonchev–Trinajstić information content (AvgIpc) is 3.20. The maximum absolute atomic E-state index is 13.0. The van der Waals surface area contributed by atoms with Gasteiger partial charge in [0.05, 0.1) is 12.2 Å². The molecule has 0 unspecified atom stereocenters. The van der Waals surface area contributed by atoms with Gasteiger partial charge in [0.25, 0.3) is 5.56 Å². The van der Waals surface area contributed by atoms with Crippen LogP contribution in [0.25, 0.3) is 11.3 Å². The topological polar surface area (TPSA) is 58.4 Å². The number of benzene rings is 1. The van der Waals surface area contributed by atoms with Crippen molar-refractivity contribution in [1.29, 1.82) is 0 Å². The molecule has 1 aromatic carbocycles. The van der Waals surface area contributed by atoms with Gasteiger partial charge < -0.3 is 9.80 Å². The number of hydrogen-bond donors (Lipinski definition) is 0. The van der Waals surface area contributed by atoms with Crippen LogP contribution in [0.15, 0.2) is 58.7 Å². The lowest BCUT2D eigenvalue weighted by Crippen LogP contribution is -2.40. The molecule has 0 aliphatic heterocycles. The summed E-state index contributed by atoms with van der Waals surface area (Å²) in [4.78, 5) is 30.2. The Kier molecular flexibility index (Phi) is 7.19. The minimum atomic E-state index is -0.306. The van der Waals surface area contributed by atoms with E-state index in [1.54, 1.807) is 34.4 Å². The Morgan fingerprint density at radius 3 is 2.52 bits per heavy atom. The van der Waals surface area contributed by atoms with Crippen molar-refractivity contribution in [1.82, 2.24) is 19.6 Å². The third kappa shape index (κ3) is 6.00. The van der Waals surface area contributed by atoms with Crippen LogP contribution in [0.4, 0.5) is 0 Å². The number of nitrogens with zero attached hydrogens (tertiary/aromatic N) is 4. The van der Waals surface area contributed by atoms with E-state index in [1.165, 1.54) is 10.7 Å². The summed E-state index contributed by atoms with van der Waals surface area (Å²) in [6, 6.07) is 14.3. The molecule has 0 aliphatic rings. The lowest BCUT2D eigenvalue weighted by Gasteiger charge is -2.24. The highest BCUT2D eigenvalue weighted by atomic mass is 35.5. The molecule has 0 bridgehead atoms. The van der Waals surface area contributed by atoms with Crippen molar-refractivity contribution in [3.63, 3.8) is 0 Å². The molecule has 0 fully saturated rings. The number of hydrogen-bond acceptors (Lipinski definition) is 5. The quantitative estimate of drug-likeness (QED) is 0.550. The monoisotopic (exact) mass is 430 g/mol. The fraction of sp³-hybridized carbons (Fsp3) is 0.286. The predicted octanol–water partition coefficient (Wildman–Crippen LogP) is 3.22. The fourth-order valence-electron chi connectivity index (χ4n) is 2.77. The van der Waals surface area contributed by atoms with Crippen LogP contribution in [0.3, 0.4) is 0 Å². The molecule has 0 aliphatic carbocycles. The highest BCUT2D eigenvalue weighted by molar-refractivity contribution is 7.09. The summed E-state index contributed by atoms with van der Waals surface area (Å²) in [5.74, 6) is -0.136. The first-order valence-corrected chi connectivity index (χ1v) is 10.5. The number of likely N-dealkylation sites (N-methyl/N-ethyl adjacent to an activating group) is 1. The average molecular weight is 431 g/mol. The van der Waals surface area contributed by atoms with E-state index < -0.39 is 0 Å². The maximum Gasteiger partial charge on any atom is 0.267 e. The van der Waals surface area contributed by atoms with Crippen LogP contribution in [0.1, 0.15) is 4.88 Å². The molecule has 0 N–H and O–H groups in total. The van der Waals surface area contributed by atoms with Crippen molar-refractivity contribution >= 4 is 28.8 Å². The smallest absolute Gasteiger partial charge is 0.267 e. The van der Waals surface area contributed by atoms with E-state index in [2.05, 4.69) is 5.10 Å². The largest absolute Gasteiger partial charge is 0.335 e. The molecule has 3 aromatic rings. The Balaban J connectivity index is 1.79. The molecule has 0 radical (unpaired) electrons. The van der Waals surface area contributed by atoms with Gasteiger partial charge in [-0.15, -0.1) is 11.3 Å². The van der Waals surface area contributed by atoms with E-state index in [0.717, 1.165) is 17.0 Å². The molecular formula is C21H23ClN4O2S. The SMILES string of the molecule is CN(C)CCN(Cc1cccs1)C(=O)Cn1nc(-c2ccc(Cl)cc2)ccc1=O. The normalized spacial score (nSPS) is 11.0. The molecule has 2 aromatic heterocycles. The van der Waals surface area contributed by atoms with Gasteiger partial charge in [0.1, 0.15) is 6.54 Å². The van der Waals surface area contributed by atoms with Crippen LogP contribution in [0.2, 0.25) is 5.02 Å². The number of thiophene rings is 1. The Hall–Kier alpha value is -2.48. The van der Waals surface area contributed by atoms with Crippen LogP contribution >= 0.6 is 22.9 Å². The summed E-state index contributed by atoms with van der Waals surface area (Å²) >= 11 is 7.55. The van der Waals surface area contributed by atoms with Gasteiger partial charge in [-0.25, -0.2) is 4.68 Å². The third-order valence-electron chi connectivity index (χ3n) is 4.39. The molecule has 0 spiro atoms. The molecule has 0 atom stereocenters. The van der Waals surface area contributed by atoms with Gasteiger partial charge in [-0.1, -0.05) is 29.8 Å². The first-order valence-electron chi connectivity index (χ1n) is 9.21. The molecule has 2 heterocycles. The maximum atomic E-state index is 13.0. The van der Waals surface area contributed by atoms with Crippen LogP contribution in [-0.4, -0.2) is 52.7 Å². The van der Waals surface area contributed by atoms with Crippen LogP contribution in [0.5, 0.6) is 0 Å². The summed E-state index contributed by atoms with van der Waals surface area (Å²) in [7, 11) is 3.94. The van der Waals surface area contributed by atoms with Gasteiger partial charge in [0.15, 0.2) is 0 Å². The van der Waals surface area contributed by atoms with Crippen molar-refractivity contribution in [3.8, 4) is 11.3 Å². The molecule has 3 rings (SSSR count). The van der Waals surface area contributed by atoms with Crippen molar-refractivity contribution < 1.29 is 4.79 Å². The molecule has 0 saturated carbocycles. The lowest BCUT2D eigenvalue weighted by atomic mass is 10.1. The minimum Gasteiger partial charge on any atom is -0.335 e. The van der Waals surface area contributed by atoms with Gasteiger partial charge in [-0.3, -0.25) is 9.59 Å². The summed E-state index contributed by atoms with van der Waals surface area (Å²) in [6.45, 7) is 1.74. The Bertz CT molecular complexity index is 1000. The van der Waals surface area contributed by atoms with Crippen molar-refractivity contribution in [2.24, 2.45) is 0 Å². The van der Waals surface area contributed by atoms with Crippen LogP contribution < -0.4 is 5.56 Å². The standard InChI is InChI=1S/C21H23ClN4O2S/c1-24(2)11-12-25(14-18-4-3-13-29-18)21(28)15-26-20(27)10-9-19(23-26)16-5-7-17(22)8-6-16/h3-10,13H,11-12,14-15H2,1-2H3. The number of halogens is 1. The van der Waals surface area contributed by atoms with E-state index in [0.29, 0.717) is 23.8 Å². The Labute approximate surface area is 179 Å². The lowest BCUT2D eigenvalue weighted by molar-refractivity contribution is -0.132. The van der Waals surface area contributed by atoms with Crippen molar-refractivity contribution in [2.45, 2.75) is 13.1 Å².